The molecule has 3 rings (SSSR count). The molecule has 1 aliphatic carbocycles. The molecule has 0 aliphatic heterocycles. The summed E-state index contributed by atoms with van der Waals surface area (Å²) >= 11 is 0. The first-order valence-electron chi connectivity index (χ1n) is 12.9. The van der Waals surface area contributed by atoms with Gasteiger partial charge in [-0.15, -0.1) is 0 Å². The fraction of sp³-hybridized carbons (Fsp3) is 0.375. The van der Waals surface area contributed by atoms with Gasteiger partial charge in [-0.25, -0.2) is 0 Å². The van der Waals surface area contributed by atoms with Gasteiger partial charge in [0.15, 0.2) is 0 Å². The molecule has 0 fully saturated rings. The zero-order valence-corrected chi connectivity index (χ0v) is 22.3. The average Bonchev–Trinajstić information content (AvgIpc) is 2.85. The number of nitrogens with two attached hydrogens (primary N) is 1. The van der Waals surface area contributed by atoms with Crippen molar-refractivity contribution in [3.8, 4) is 0 Å². The lowest BCUT2D eigenvalue weighted by Gasteiger charge is -2.33. The average molecular weight is 470 g/mol. The zero-order valence-electron chi connectivity index (χ0n) is 22.3. The topological polar surface area (TPSA) is 41.3 Å². The summed E-state index contributed by atoms with van der Waals surface area (Å²) in [6.45, 7) is 21.0. The second-order valence-electron chi connectivity index (χ2n) is 9.83. The largest absolute Gasteiger partial charge is 0.387 e. The lowest BCUT2D eigenvalue weighted by atomic mass is 9.78. The van der Waals surface area contributed by atoms with E-state index in [1.165, 1.54) is 39.1 Å². The molecule has 0 spiro atoms. The monoisotopic (exact) mass is 469 g/mol. The van der Waals surface area contributed by atoms with Crippen LogP contribution in [0.2, 0.25) is 0 Å². The maximum absolute atomic E-state index is 6.81. The first-order valence-corrected chi connectivity index (χ1v) is 12.9. The zero-order chi connectivity index (χ0) is 25.5. The number of hydrogen-bond acceptors (Lipinski definition) is 3. The van der Waals surface area contributed by atoms with Crippen LogP contribution in [0.5, 0.6) is 0 Å². The van der Waals surface area contributed by atoms with Gasteiger partial charge in [0, 0.05) is 29.5 Å². The standard InChI is InChI=1S/C32H43N3/c1-8-10-29-28(17-18-30(32(29)33)27-15-12-22(3)13-16-27)20-34-25(6)21-35(26(7)9-2)31-19-23(4)11-14-24(31)5/h10-16,18-19,28,32,34H,6-9,17,20-21,33H2,1-5H3/b29-10+. The summed E-state index contributed by atoms with van der Waals surface area (Å²) in [5.74, 6) is 0.361. The normalized spacial score (nSPS) is 18.8. The molecule has 2 aromatic rings. The molecule has 0 bridgehead atoms. The van der Waals surface area contributed by atoms with Crippen LogP contribution in [0.15, 0.2) is 84.7 Å². The predicted octanol–water partition coefficient (Wildman–Crippen LogP) is 7.21. The second-order valence-corrected chi connectivity index (χ2v) is 9.83. The van der Waals surface area contributed by atoms with E-state index >= 15 is 0 Å². The Labute approximate surface area is 213 Å². The summed E-state index contributed by atoms with van der Waals surface area (Å²) in [6.07, 6.45) is 7.51. The third kappa shape index (κ3) is 6.55. The van der Waals surface area contributed by atoms with Crippen LogP contribution in [0.25, 0.3) is 5.57 Å². The molecule has 2 atom stereocenters. The van der Waals surface area contributed by atoms with E-state index in [4.69, 9.17) is 5.73 Å². The highest BCUT2D eigenvalue weighted by molar-refractivity contribution is 5.74. The van der Waals surface area contributed by atoms with Crippen molar-refractivity contribution in [2.24, 2.45) is 11.7 Å². The van der Waals surface area contributed by atoms with E-state index in [2.05, 4.69) is 113 Å². The van der Waals surface area contributed by atoms with E-state index in [9.17, 15) is 0 Å². The van der Waals surface area contributed by atoms with Crippen LogP contribution in [-0.4, -0.2) is 19.1 Å². The van der Waals surface area contributed by atoms with Gasteiger partial charge in [0.1, 0.15) is 0 Å². The molecule has 1 aliphatic rings. The first kappa shape index (κ1) is 26.6. The molecule has 0 aromatic heterocycles. The molecule has 2 aromatic carbocycles. The van der Waals surface area contributed by atoms with Gasteiger partial charge in [-0.2, -0.15) is 0 Å². The summed E-state index contributed by atoms with van der Waals surface area (Å²) in [5.41, 5.74) is 17.7. The lowest BCUT2D eigenvalue weighted by molar-refractivity contribution is 0.538. The third-order valence-corrected chi connectivity index (χ3v) is 7.01. The number of hydrogen-bond donors (Lipinski definition) is 2. The van der Waals surface area contributed by atoms with Crippen molar-refractivity contribution in [1.82, 2.24) is 5.32 Å². The Morgan fingerprint density at radius 2 is 1.74 bits per heavy atom. The summed E-state index contributed by atoms with van der Waals surface area (Å²) in [4.78, 5) is 2.29. The van der Waals surface area contributed by atoms with Gasteiger partial charge in [0.25, 0.3) is 0 Å². The lowest BCUT2D eigenvalue weighted by Crippen LogP contribution is -2.37. The highest BCUT2D eigenvalue weighted by Gasteiger charge is 2.27. The fourth-order valence-electron chi connectivity index (χ4n) is 4.82. The molecule has 2 unspecified atom stereocenters. The molecule has 186 valence electrons. The summed E-state index contributed by atoms with van der Waals surface area (Å²) in [5, 5.41) is 3.63. The van der Waals surface area contributed by atoms with E-state index in [-0.39, 0.29) is 6.04 Å². The van der Waals surface area contributed by atoms with Gasteiger partial charge >= 0.3 is 0 Å². The number of allylic oxidation sites excluding steroid dienone is 3. The maximum atomic E-state index is 6.81. The molecule has 0 radical (unpaired) electrons. The molecule has 3 nitrogen and oxygen atoms in total. The molecule has 35 heavy (non-hydrogen) atoms. The van der Waals surface area contributed by atoms with Gasteiger partial charge in [-0.05, 0) is 73.9 Å². The van der Waals surface area contributed by atoms with E-state index in [1.807, 2.05) is 0 Å². The van der Waals surface area contributed by atoms with E-state index in [0.717, 1.165) is 37.2 Å². The van der Waals surface area contributed by atoms with E-state index in [0.29, 0.717) is 12.5 Å². The van der Waals surface area contributed by atoms with Crippen molar-refractivity contribution in [2.75, 3.05) is 18.0 Å². The Hall–Kier alpha value is -3.04. The van der Waals surface area contributed by atoms with Gasteiger partial charge in [0.2, 0.25) is 0 Å². The Kier molecular flexibility index (Phi) is 9.17. The Morgan fingerprint density at radius 1 is 1.06 bits per heavy atom. The predicted molar refractivity (Wildman–Crippen MR) is 153 cm³/mol. The Bertz CT molecular complexity index is 1100. The summed E-state index contributed by atoms with van der Waals surface area (Å²) < 4.78 is 0. The minimum Gasteiger partial charge on any atom is -0.387 e. The minimum absolute atomic E-state index is 0.0715. The van der Waals surface area contributed by atoms with Crippen molar-refractivity contribution in [3.05, 3.63) is 107 Å². The van der Waals surface area contributed by atoms with Crippen molar-refractivity contribution in [3.63, 3.8) is 0 Å². The Balaban J connectivity index is 1.73. The number of rotatable bonds is 10. The molecule has 0 saturated heterocycles. The third-order valence-electron chi connectivity index (χ3n) is 7.01. The number of nitrogens with one attached hydrogen (secondary N) is 1. The molecule has 0 heterocycles. The van der Waals surface area contributed by atoms with Crippen LogP contribution >= 0.6 is 0 Å². The maximum Gasteiger partial charge on any atom is 0.0619 e. The molecule has 3 N–H and O–H groups in total. The quantitative estimate of drug-likeness (QED) is 0.361. The van der Waals surface area contributed by atoms with Crippen LogP contribution in [-0.2, 0) is 0 Å². The van der Waals surface area contributed by atoms with Gasteiger partial charge < -0.3 is 16.0 Å². The fourth-order valence-corrected chi connectivity index (χ4v) is 4.82. The molecule has 0 saturated carbocycles. The van der Waals surface area contributed by atoms with Crippen LogP contribution in [0, 0.1) is 26.7 Å². The van der Waals surface area contributed by atoms with Crippen LogP contribution in [0.3, 0.4) is 0 Å². The summed E-state index contributed by atoms with van der Waals surface area (Å²) in [7, 11) is 0. The number of nitrogens with zero attached hydrogens (tertiary/aromatic N) is 1. The van der Waals surface area contributed by atoms with Crippen molar-refractivity contribution >= 4 is 11.3 Å². The number of anilines is 1. The second kappa shape index (κ2) is 12.1. The summed E-state index contributed by atoms with van der Waals surface area (Å²) in [6, 6.07) is 15.2. The minimum atomic E-state index is -0.0715. The highest BCUT2D eigenvalue weighted by Crippen LogP contribution is 2.34. The van der Waals surface area contributed by atoms with E-state index in [1.54, 1.807) is 0 Å². The van der Waals surface area contributed by atoms with Crippen LogP contribution in [0.1, 0.15) is 55.4 Å². The van der Waals surface area contributed by atoms with Gasteiger partial charge in [-0.3, -0.25) is 0 Å². The SMILES string of the molecule is C=C(CN(C(=C)CC)c1cc(C)ccc1C)NCC1CC=C(c2ccc(C)cc2)C(N)/C1=C/CC. The number of benzene rings is 2. The smallest absolute Gasteiger partial charge is 0.0619 e. The highest BCUT2D eigenvalue weighted by atomic mass is 15.2. The molecular formula is C32H43N3. The van der Waals surface area contributed by atoms with E-state index < -0.39 is 0 Å². The first-order chi connectivity index (χ1) is 16.7. The molecule has 0 amide bonds. The van der Waals surface area contributed by atoms with Gasteiger partial charge in [0.05, 0.1) is 12.6 Å². The van der Waals surface area contributed by atoms with Crippen molar-refractivity contribution in [1.29, 1.82) is 0 Å². The van der Waals surface area contributed by atoms with Gasteiger partial charge in [-0.1, -0.05) is 81.1 Å². The molecular weight excluding hydrogens is 426 g/mol. The van der Waals surface area contributed by atoms with Crippen molar-refractivity contribution < 1.29 is 0 Å². The number of aryl methyl sites for hydroxylation is 3. The Morgan fingerprint density at radius 3 is 2.40 bits per heavy atom. The van der Waals surface area contributed by atoms with Crippen LogP contribution in [0.4, 0.5) is 5.69 Å². The molecule has 3 heteroatoms. The van der Waals surface area contributed by atoms with Crippen LogP contribution < -0.4 is 16.0 Å². The van der Waals surface area contributed by atoms with Crippen molar-refractivity contribution in [2.45, 2.75) is 59.9 Å².